The van der Waals surface area contributed by atoms with Gasteiger partial charge in [0, 0.05) is 36.2 Å². The van der Waals surface area contributed by atoms with Gasteiger partial charge in [0.05, 0.1) is 11.1 Å². The maximum Gasteiger partial charge on any atom is 0.161 e. The van der Waals surface area contributed by atoms with E-state index in [0.717, 1.165) is 50.7 Å². The molecule has 2 atom stereocenters. The zero-order valence-electron chi connectivity index (χ0n) is 32.1. The zero-order valence-corrected chi connectivity index (χ0v) is 32.1. The van der Waals surface area contributed by atoms with Gasteiger partial charge >= 0.3 is 0 Å². The van der Waals surface area contributed by atoms with E-state index in [1.165, 1.54) is 27.8 Å². The average molecular weight is 725 g/mol. The summed E-state index contributed by atoms with van der Waals surface area (Å²) in [4.78, 5) is 19.8. The van der Waals surface area contributed by atoms with Crippen LogP contribution in [0.5, 0.6) is 0 Å². The van der Waals surface area contributed by atoms with Gasteiger partial charge in [-0.3, -0.25) is 9.98 Å². The number of hydrogen-bond acceptors (Lipinski definition) is 2. The second-order valence-electron chi connectivity index (χ2n) is 14.2. The summed E-state index contributed by atoms with van der Waals surface area (Å²) in [6.45, 7) is 8.44. The Morgan fingerprint density at radius 2 is 1.62 bits per heavy atom. The van der Waals surface area contributed by atoms with Crippen LogP contribution in [-0.2, 0) is 5.41 Å². The SMILES string of the molecule is C=C/C(=C\C=C/C)C(N=Cc1cccc2ccccc12)=NC(=NC)c1cccc(-c2ccc3c(c2)C2=C(C=CCC2C)C3(c2ccccc2)c2ccccn2)c1. The van der Waals surface area contributed by atoms with Crippen molar-refractivity contribution in [2.75, 3.05) is 7.05 Å². The maximum atomic E-state index is 5.10. The van der Waals surface area contributed by atoms with Crippen LogP contribution in [-0.4, -0.2) is 29.9 Å². The van der Waals surface area contributed by atoms with Crippen LogP contribution in [0.3, 0.4) is 0 Å². The van der Waals surface area contributed by atoms with E-state index in [0.29, 0.717) is 17.6 Å². The fourth-order valence-electron chi connectivity index (χ4n) is 8.30. The summed E-state index contributed by atoms with van der Waals surface area (Å²) in [5.41, 5.74) is 12.0. The number of aromatic nitrogens is 1. The first-order valence-electron chi connectivity index (χ1n) is 19.2. The summed E-state index contributed by atoms with van der Waals surface area (Å²) >= 11 is 0. The molecule has 4 heteroatoms. The molecule has 1 aromatic heterocycles. The van der Waals surface area contributed by atoms with E-state index in [1.54, 1.807) is 13.1 Å². The lowest BCUT2D eigenvalue weighted by Gasteiger charge is -2.34. The van der Waals surface area contributed by atoms with Crippen LogP contribution in [0, 0.1) is 5.92 Å². The number of hydrogen-bond donors (Lipinski definition) is 0. The van der Waals surface area contributed by atoms with Crippen molar-refractivity contribution in [1.29, 1.82) is 0 Å². The number of nitrogens with zero attached hydrogens (tertiary/aromatic N) is 4. The molecule has 0 amide bonds. The Labute approximate surface area is 330 Å². The first-order chi connectivity index (χ1) is 27.6. The van der Waals surface area contributed by atoms with Crippen molar-refractivity contribution in [3.8, 4) is 11.1 Å². The number of aliphatic imine (C=N–C) groups is 3. The van der Waals surface area contributed by atoms with Crippen LogP contribution < -0.4 is 0 Å². The molecular formula is C52H44N4. The molecule has 0 saturated carbocycles. The maximum absolute atomic E-state index is 5.10. The molecule has 1 heterocycles. The van der Waals surface area contributed by atoms with Crippen LogP contribution in [0.2, 0.25) is 0 Å². The molecule has 0 bridgehead atoms. The minimum absolute atomic E-state index is 0.361. The van der Waals surface area contributed by atoms with E-state index in [-0.39, 0.29) is 0 Å². The molecule has 2 unspecified atom stereocenters. The predicted molar refractivity (Wildman–Crippen MR) is 237 cm³/mol. The Bertz CT molecular complexity index is 2610. The van der Waals surface area contributed by atoms with Crippen LogP contribution in [0.25, 0.3) is 27.5 Å². The summed E-state index contributed by atoms with van der Waals surface area (Å²) in [5.74, 6) is 1.47. The van der Waals surface area contributed by atoms with E-state index in [1.807, 2.05) is 43.6 Å². The van der Waals surface area contributed by atoms with E-state index in [4.69, 9.17) is 20.0 Å². The molecule has 8 rings (SSSR count). The molecule has 0 spiro atoms. The number of fused-ring (bicyclic) bond motifs is 3. The molecular weight excluding hydrogens is 681 g/mol. The summed E-state index contributed by atoms with van der Waals surface area (Å²) in [6.07, 6.45) is 17.2. The lowest BCUT2D eigenvalue weighted by molar-refractivity contribution is 0.704. The molecule has 2 aliphatic rings. The van der Waals surface area contributed by atoms with Gasteiger partial charge in [-0.25, -0.2) is 9.98 Å². The van der Waals surface area contributed by atoms with Gasteiger partial charge in [-0.05, 0) is 93.3 Å². The third kappa shape index (κ3) is 6.54. The van der Waals surface area contributed by atoms with Gasteiger partial charge in [0.25, 0.3) is 0 Å². The Morgan fingerprint density at radius 3 is 2.43 bits per heavy atom. The van der Waals surface area contributed by atoms with Gasteiger partial charge in [0.1, 0.15) is 0 Å². The van der Waals surface area contributed by atoms with Gasteiger partial charge in [-0.1, -0.05) is 159 Å². The fraction of sp³-hybridized carbons (Fsp3) is 0.115. The molecule has 272 valence electrons. The summed E-state index contributed by atoms with van der Waals surface area (Å²) in [7, 11) is 1.78. The second-order valence-corrected chi connectivity index (χ2v) is 14.2. The molecule has 0 aliphatic heterocycles. The van der Waals surface area contributed by atoms with Crippen molar-refractivity contribution >= 4 is 34.2 Å². The highest BCUT2D eigenvalue weighted by Gasteiger charge is 2.49. The highest BCUT2D eigenvalue weighted by Crippen LogP contribution is 2.58. The standard InChI is InChI=1S/C52H44N4/c1-5-7-19-37(6-2)51(55-35-42-24-16-21-38-20-11-12-27-44(38)42)56-50(53-4)41-23-17-22-39(33-41)40-30-31-46-45(34-40)49-36(3)18-15-28-47(49)52(46,43-25-9-8-10-26-43)48-29-13-14-32-54-48/h5-17,19-36H,2,18H2,1,3-4H3/b7-5-,37-19+,53-50?,55-35?,56-51?. The molecule has 0 N–H and O–H groups in total. The molecule has 6 aromatic rings. The first kappa shape index (κ1) is 36.2. The van der Waals surface area contributed by atoms with Crippen molar-refractivity contribution in [3.05, 3.63) is 227 Å². The number of benzene rings is 5. The molecule has 0 radical (unpaired) electrons. The van der Waals surface area contributed by atoms with E-state index in [2.05, 4.69) is 153 Å². The lowest BCUT2D eigenvalue weighted by Crippen LogP contribution is -2.30. The Kier molecular flexibility index (Phi) is 10.3. The third-order valence-electron chi connectivity index (χ3n) is 10.9. The second kappa shape index (κ2) is 15.9. The highest BCUT2D eigenvalue weighted by atomic mass is 15.0. The van der Waals surface area contributed by atoms with Gasteiger partial charge in [0.2, 0.25) is 0 Å². The minimum atomic E-state index is -0.512. The lowest BCUT2D eigenvalue weighted by atomic mass is 9.68. The fourth-order valence-corrected chi connectivity index (χ4v) is 8.30. The molecule has 5 aromatic carbocycles. The van der Waals surface area contributed by atoms with Gasteiger partial charge in [-0.15, -0.1) is 0 Å². The first-order valence-corrected chi connectivity index (χ1v) is 19.2. The minimum Gasteiger partial charge on any atom is -0.270 e. The van der Waals surface area contributed by atoms with E-state index in [9.17, 15) is 0 Å². The molecule has 2 aliphatic carbocycles. The topological polar surface area (TPSA) is 50.0 Å². The van der Waals surface area contributed by atoms with Crippen LogP contribution in [0.1, 0.15) is 53.8 Å². The predicted octanol–water partition coefficient (Wildman–Crippen LogP) is 12.2. The van der Waals surface area contributed by atoms with Crippen molar-refractivity contribution in [2.45, 2.75) is 25.7 Å². The normalized spacial score (nSPS) is 18.6. The van der Waals surface area contributed by atoms with Gasteiger partial charge in [0.15, 0.2) is 11.7 Å². The van der Waals surface area contributed by atoms with Crippen molar-refractivity contribution in [2.24, 2.45) is 20.9 Å². The van der Waals surface area contributed by atoms with Gasteiger partial charge < -0.3 is 0 Å². The molecule has 4 nitrogen and oxygen atoms in total. The summed E-state index contributed by atoms with van der Waals surface area (Å²) in [5, 5.41) is 2.29. The van der Waals surface area contributed by atoms with E-state index < -0.39 is 5.41 Å². The average Bonchev–Trinajstić information content (AvgIpc) is 3.56. The Morgan fingerprint density at radius 1 is 0.839 bits per heavy atom. The van der Waals surface area contributed by atoms with E-state index >= 15 is 0 Å². The Hall–Kier alpha value is -6.78. The number of pyridine rings is 1. The molecule has 56 heavy (non-hydrogen) atoms. The van der Waals surface area contributed by atoms with Crippen molar-refractivity contribution in [1.82, 2.24) is 4.98 Å². The molecule has 0 fully saturated rings. The smallest absolute Gasteiger partial charge is 0.161 e. The third-order valence-corrected chi connectivity index (χ3v) is 10.9. The monoisotopic (exact) mass is 724 g/mol. The molecule has 0 saturated heterocycles. The number of allylic oxidation sites excluding steroid dienone is 7. The van der Waals surface area contributed by atoms with Crippen LogP contribution >= 0.6 is 0 Å². The zero-order chi connectivity index (χ0) is 38.5. The Balaban J connectivity index is 1.23. The van der Waals surface area contributed by atoms with Crippen LogP contribution in [0.15, 0.2) is 209 Å². The van der Waals surface area contributed by atoms with Crippen LogP contribution in [0.4, 0.5) is 0 Å². The highest BCUT2D eigenvalue weighted by molar-refractivity contribution is 6.16. The summed E-state index contributed by atoms with van der Waals surface area (Å²) < 4.78 is 0. The number of rotatable bonds is 8. The number of amidine groups is 2. The summed E-state index contributed by atoms with van der Waals surface area (Å²) in [6, 6.07) is 47.2. The largest absolute Gasteiger partial charge is 0.270 e. The van der Waals surface area contributed by atoms with Crippen molar-refractivity contribution in [3.63, 3.8) is 0 Å². The van der Waals surface area contributed by atoms with Gasteiger partial charge in [-0.2, -0.15) is 0 Å². The van der Waals surface area contributed by atoms with Crippen molar-refractivity contribution < 1.29 is 0 Å². The quantitative estimate of drug-likeness (QED) is 0.0876.